The lowest BCUT2D eigenvalue weighted by atomic mass is 10.3. The van der Waals surface area contributed by atoms with Crippen molar-refractivity contribution in [1.29, 1.82) is 0 Å². The molecule has 1 aromatic heterocycles. The number of benzene rings is 1. The van der Waals surface area contributed by atoms with Crippen LogP contribution in [-0.2, 0) is 17.1 Å². The molecule has 102 valence electrons. The summed E-state index contributed by atoms with van der Waals surface area (Å²) >= 11 is 11.7. The highest BCUT2D eigenvalue weighted by atomic mass is 35.5. The van der Waals surface area contributed by atoms with Gasteiger partial charge < -0.3 is 5.43 Å². The average molecular weight is 321 g/mol. The van der Waals surface area contributed by atoms with Gasteiger partial charge in [0, 0.05) is 18.3 Å². The van der Waals surface area contributed by atoms with Gasteiger partial charge in [-0.05, 0) is 18.2 Å². The monoisotopic (exact) mass is 320 g/mol. The number of hydrazine groups is 1. The number of nitrogens with zero attached hydrogens (tertiary/aromatic N) is 2. The molecule has 0 aliphatic carbocycles. The van der Waals surface area contributed by atoms with E-state index >= 15 is 0 Å². The summed E-state index contributed by atoms with van der Waals surface area (Å²) in [5.74, 6) is 0. The molecule has 0 radical (unpaired) electrons. The second kappa shape index (κ2) is 5.38. The fraction of sp³-hybridized carbons (Fsp3) is 0.100. The van der Waals surface area contributed by atoms with Crippen molar-refractivity contribution >= 4 is 38.9 Å². The fourth-order valence-corrected chi connectivity index (χ4v) is 2.60. The summed E-state index contributed by atoms with van der Waals surface area (Å²) in [5.41, 5.74) is 2.92. The third-order valence-corrected chi connectivity index (χ3v) is 3.99. The Morgan fingerprint density at radius 3 is 2.63 bits per heavy atom. The van der Waals surface area contributed by atoms with Gasteiger partial charge in [-0.3, -0.25) is 4.68 Å². The smallest absolute Gasteiger partial charge is 0.260 e. The Labute approximate surface area is 120 Å². The number of aryl methyl sites for hydroxylation is 1. The SMILES string of the molecule is Cn1cc(S(=O)(=O)NNc2ccc(Cl)cc2Cl)cn1. The van der Waals surface area contributed by atoms with Crippen LogP contribution in [-0.4, -0.2) is 18.2 Å². The van der Waals surface area contributed by atoms with E-state index in [4.69, 9.17) is 23.2 Å². The van der Waals surface area contributed by atoms with Crippen LogP contribution in [0.3, 0.4) is 0 Å². The lowest BCUT2D eigenvalue weighted by Gasteiger charge is -2.09. The highest BCUT2D eigenvalue weighted by molar-refractivity contribution is 7.89. The minimum atomic E-state index is -3.70. The van der Waals surface area contributed by atoms with Crippen molar-refractivity contribution in [2.45, 2.75) is 4.90 Å². The summed E-state index contributed by atoms with van der Waals surface area (Å²) in [6.45, 7) is 0. The predicted octanol–water partition coefficient (Wildman–Crippen LogP) is 2.03. The molecule has 0 amide bonds. The summed E-state index contributed by atoms with van der Waals surface area (Å²) in [6, 6.07) is 4.66. The number of anilines is 1. The van der Waals surface area contributed by atoms with Gasteiger partial charge in [0.2, 0.25) is 0 Å². The molecule has 6 nitrogen and oxygen atoms in total. The summed E-state index contributed by atoms with van der Waals surface area (Å²) in [7, 11) is -2.07. The largest absolute Gasteiger partial charge is 0.306 e. The maximum Gasteiger partial charge on any atom is 0.260 e. The second-order valence-electron chi connectivity index (χ2n) is 3.70. The van der Waals surface area contributed by atoms with Crippen molar-refractivity contribution in [3.05, 3.63) is 40.6 Å². The zero-order chi connectivity index (χ0) is 14.0. The van der Waals surface area contributed by atoms with Crippen LogP contribution in [0.15, 0.2) is 35.5 Å². The van der Waals surface area contributed by atoms with Crippen molar-refractivity contribution in [3.63, 3.8) is 0 Å². The molecule has 0 unspecified atom stereocenters. The molecule has 2 rings (SSSR count). The number of aromatic nitrogens is 2. The van der Waals surface area contributed by atoms with Gasteiger partial charge in [0.25, 0.3) is 10.0 Å². The average Bonchev–Trinajstić information content (AvgIpc) is 2.75. The highest BCUT2D eigenvalue weighted by Crippen LogP contribution is 2.24. The molecule has 0 fully saturated rings. The minimum absolute atomic E-state index is 0.0487. The van der Waals surface area contributed by atoms with Gasteiger partial charge >= 0.3 is 0 Å². The van der Waals surface area contributed by atoms with Gasteiger partial charge in [0.1, 0.15) is 4.90 Å². The Morgan fingerprint density at radius 2 is 2.05 bits per heavy atom. The quantitative estimate of drug-likeness (QED) is 0.845. The lowest BCUT2D eigenvalue weighted by molar-refractivity contribution is 0.587. The van der Waals surface area contributed by atoms with Crippen LogP contribution in [0.5, 0.6) is 0 Å². The zero-order valence-corrected chi connectivity index (χ0v) is 12.1. The Hall–Kier alpha value is -1.28. The molecular weight excluding hydrogens is 311 g/mol. The predicted molar refractivity (Wildman–Crippen MR) is 73.6 cm³/mol. The molecule has 0 atom stereocenters. The van der Waals surface area contributed by atoms with Gasteiger partial charge in [0.15, 0.2) is 0 Å². The molecule has 1 heterocycles. The standard InChI is InChI=1S/C10H10Cl2N4O2S/c1-16-6-8(5-13-16)19(17,18)15-14-10-3-2-7(11)4-9(10)12/h2-6,14-15H,1H3. The van der Waals surface area contributed by atoms with E-state index in [9.17, 15) is 8.42 Å². The highest BCUT2D eigenvalue weighted by Gasteiger charge is 2.16. The number of nitrogens with one attached hydrogen (secondary N) is 2. The van der Waals surface area contributed by atoms with Crippen LogP contribution in [0.4, 0.5) is 5.69 Å². The maximum atomic E-state index is 11.9. The Bertz CT molecular complexity index is 699. The molecule has 2 aromatic rings. The first-order valence-corrected chi connectivity index (χ1v) is 7.34. The molecule has 9 heteroatoms. The van der Waals surface area contributed by atoms with Crippen molar-refractivity contribution in [2.75, 3.05) is 5.43 Å². The van der Waals surface area contributed by atoms with E-state index < -0.39 is 10.0 Å². The van der Waals surface area contributed by atoms with Gasteiger partial charge in [-0.25, -0.2) is 8.42 Å². The lowest BCUT2D eigenvalue weighted by Crippen LogP contribution is -2.29. The van der Waals surface area contributed by atoms with Crippen LogP contribution in [0.1, 0.15) is 0 Å². The second-order valence-corrected chi connectivity index (χ2v) is 6.23. The molecule has 0 aliphatic heterocycles. The van der Waals surface area contributed by atoms with E-state index in [2.05, 4.69) is 15.4 Å². The molecule has 19 heavy (non-hydrogen) atoms. The molecule has 0 bridgehead atoms. The van der Waals surface area contributed by atoms with Gasteiger partial charge in [-0.15, -0.1) is 4.83 Å². The Balaban J connectivity index is 2.14. The Morgan fingerprint density at radius 1 is 1.32 bits per heavy atom. The van der Waals surface area contributed by atoms with E-state index in [1.54, 1.807) is 19.2 Å². The van der Waals surface area contributed by atoms with E-state index in [-0.39, 0.29) is 4.90 Å². The van der Waals surface area contributed by atoms with Crippen molar-refractivity contribution in [2.24, 2.45) is 7.05 Å². The van der Waals surface area contributed by atoms with Crippen LogP contribution in [0.2, 0.25) is 10.0 Å². The first-order valence-electron chi connectivity index (χ1n) is 5.10. The van der Waals surface area contributed by atoms with Crippen molar-refractivity contribution < 1.29 is 8.42 Å². The van der Waals surface area contributed by atoms with E-state index in [0.717, 1.165) is 0 Å². The van der Waals surface area contributed by atoms with Crippen LogP contribution < -0.4 is 10.3 Å². The fourth-order valence-electron chi connectivity index (χ4n) is 1.31. The summed E-state index contributed by atoms with van der Waals surface area (Å²) in [6.07, 6.45) is 2.63. The molecule has 1 aromatic carbocycles. The van der Waals surface area contributed by atoms with Crippen LogP contribution in [0, 0.1) is 0 Å². The first kappa shape index (κ1) is 14.1. The van der Waals surface area contributed by atoms with Crippen molar-refractivity contribution in [1.82, 2.24) is 14.6 Å². The van der Waals surface area contributed by atoms with Gasteiger partial charge in [-0.2, -0.15) is 5.10 Å². The third-order valence-electron chi connectivity index (χ3n) is 2.24. The van der Waals surface area contributed by atoms with E-state index in [1.807, 2.05) is 0 Å². The normalized spacial score (nSPS) is 11.5. The summed E-state index contributed by atoms with van der Waals surface area (Å²) < 4.78 is 25.2. The minimum Gasteiger partial charge on any atom is -0.306 e. The molecule has 0 aliphatic rings. The maximum absolute atomic E-state index is 11.9. The number of halogens is 2. The number of sulfonamides is 1. The summed E-state index contributed by atoms with van der Waals surface area (Å²) in [4.78, 5) is 2.26. The Kier molecular flexibility index (Phi) is 4.00. The number of hydrogen-bond donors (Lipinski definition) is 2. The summed E-state index contributed by atoms with van der Waals surface area (Å²) in [5, 5.41) is 4.56. The first-order chi connectivity index (χ1) is 8.88. The molecule has 0 saturated carbocycles. The van der Waals surface area contributed by atoms with Crippen LogP contribution >= 0.6 is 23.2 Å². The molecule has 0 spiro atoms. The van der Waals surface area contributed by atoms with E-state index in [0.29, 0.717) is 15.7 Å². The molecular formula is C10H10Cl2N4O2S. The number of hydrogen-bond acceptors (Lipinski definition) is 4. The molecule has 0 saturated heterocycles. The van der Waals surface area contributed by atoms with Gasteiger partial charge in [0.05, 0.1) is 16.9 Å². The van der Waals surface area contributed by atoms with E-state index in [1.165, 1.54) is 23.1 Å². The third kappa shape index (κ3) is 3.38. The zero-order valence-electron chi connectivity index (χ0n) is 9.76. The molecule has 2 N–H and O–H groups in total. The van der Waals surface area contributed by atoms with Crippen LogP contribution in [0.25, 0.3) is 0 Å². The van der Waals surface area contributed by atoms with Gasteiger partial charge in [-0.1, -0.05) is 23.2 Å². The van der Waals surface area contributed by atoms with Crippen molar-refractivity contribution in [3.8, 4) is 0 Å². The number of rotatable bonds is 4. The topological polar surface area (TPSA) is 76.0 Å².